The maximum Gasteiger partial charge on any atom is 0.408 e. The van der Waals surface area contributed by atoms with Gasteiger partial charge in [0.05, 0.1) is 13.2 Å². The Balaban J connectivity index is 2.59. The van der Waals surface area contributed by atoms with Crippen molar-refractivity contribution < 1.29 is 33.8 Å². The molecular formula is C18H26N6O7. The quantitative estimate of drug-likeness (QED) is 0.102. The number of rotatable bonds is 12. The summed E-state index contributed by atoms with van der Waals surface area (Å²) in [5.41, 5.74) is 7.59. The number of amides is 5. The van der Waals surface area contributed by atoms with Crippen LogP contribution in [0.2, 0.25) is 0 Å². The number of hydrazine groups is 1. The lowest BCUT2D eigenvalue weighted by Crippen LogP contribution is -2.54. The summed E-state index contributed by atoms with van der Waals surface area (Å²) >= 11 is 0. The van der Waals surface area contributed by atoms with E-state index in [0.29, 0.717) is 0 Å². The Morgan fingerprint density at radius 3 is 2.26 bits per heavy atom. The Hall–Kier alpha value is -3.71. The SMILES string of the molecule is NNC(=O)[C@H](CO)NC(=O)CNC(=O)[C@H](CCC(N)=O)NC(=O)OCc1ccccc1. The number of carbonyl (C=O) groups is 5. The van der Waals surface area contributed by atoms with Gasteiger partial charge in [0.15, 0.2) is 0 Å². The first-order valence-electron chi connectivity index (χ1n) is 9.20. The molecule has 0 saturated heterocycles. The lowest BCUT2D eigenvalue weighted by atomic mass is 10.1. The maximum atomic E-state index is 12.4. The van der Waals surface area contributed by atoms with Gasteiger partial charge in [-0.1, -0.05) is 30.3 Å². The first-order valence-corrected chi connectivity index (χ1v) is 9.20. The minimum absolute atomic E-state index is 0.0367. The molecule has 9 N–H and O–H groups in total. The van der Waals surface area contributed by atoms with Gasteiger partial charge < -0.3 is 31.5 Å². The molecule has 0 spiro atoms. The fourth-order valence-corrected chi connectivity index (χ4v) is 2.29. The first-order chi connectivity index (χ1) is 14.8. The summed E-state index contributed by atoms with van der Waals surface area (Å²) in [5, 5.41) is 15.8. The fraction of sp³-hybridized carbons (Fsp3) is 0.389. The normalized spacial score (nSPS) is 12.1. The van der Waals surface area contributed by atoms with Crippen LogP contribution in [0.15, 0.2) is 30.3 Å². The molecule has 0 aliphatic carbocycles. The van der Waals surface area contributed by atoms with Crippen LogP contribution in [-0.2, 0) is 30.5 Å². The van der Waals surface area contributed by atoms with Crippen LogP contribution in [0.25, 0.3) is 0 Å². The van der Waals surface area contributed by atoms with Gasteiger partial charge in [0.1, 0.15) is 18.7 Å². The Kier molecular flexibility index (Phi) is 11.0. The van der Waals surface area contributed by atoms with Gasteiger partial charge in [0.2, 0.25) is 17.7 Å². The lowest BCUT2D eigenvalue weighted by molar-refractivity contribution is -0.131. The number of primary amides is 1. The van der Waals surface area contributed by atoms with Crippen molar-refractivity contribution in [1.29, 1.82) is 0 Å². The van der Waals surface area contributed by atoms with E-state index in [4.69, 9.17) is 21.4 Å². The predicted molar refractivity (Wildman–Crippen MR) is 106 cm³/mol. The van der Waals surface area contributed by atoms with Gasteiger partial charge in [-0.2, -0.15) is 0 Å². The highest BCUT2D eigenvalue weighted by molar-refractivity contribution is 5.92. The summed E-state index contributed by atoms with van der Waals surface area (Å²) in [6.45, 7) is -1.31. The second-order valence-electron chi connectivity index (χ2n) is 6.29. The smallest absolute Gasteiger partial charge is 0.408 e. The summed E-state index contributed by atoms with van der Waals surface area (Å²) < 4.78 is 5.04. The van der Waals surface area contributed by atoms with Crippen LogP contribution in [0.5, 0.6) is 0 Å². The second-order valence-corrected chi connectivity index (χ2v) is 6.29. The van der Waals surface area contributed by atoms with E-state index in [9.17, 15) is 24.0 Å². The monoisotopic (exact) mass is 438 g/mol. The Morgan fingerprint density at radius 1 is 1.00 bits per heavy atom. The topological polar surface area (TPSA) is 215 Å². The molecule has 0 aliphatic heterocycles. The molecule has 1 aromatic carbocycles. The molecule has 2 atom stereocenters. The van der Waals surface area contributed by atoms with Gasteiger partial charge in [-0.25, -0.2) is 10.6 Å². The molecule has 0 unspecified atom stereocenters. The molecule has 1 rings (SSSR count). The highest BCUT2D eigenvalue weighted by atomic mass is 16.5. The Labute approximate surface area is 177 Å². The molecule has 13 heteroatoms. The molecular weight excluding hydrogens is 412 g/mol. The molecule has 1 aromatic rings. The van der Waals surface area contributed by atoms with Crippen molar-refractivity contribution in [3.05, 3.63) is 35.9 Å². The van der Waals surface area contributed by atoms with Crippen LogP contribution in [0.4, 0.5) is 4.79 Å². The van der Waals surface area contributed by atoms with Crippen molar-refractivity contribution in [2.45, 2.75) is 31.5 Å². The number of hydrogen-bond donors (Lipinski definition) is 7. The standard InChI is InChI=1S/C18H26N6O7/c19-14(26)7-6-12(23-18(30)31-10-11-4-2-1-3-5-11)16(28)21-8-15(27)22-13(9-25)17(29)24-20/h1-5,12-13,25H,6-10,20H2,(H2,19,26)(H,21,28)(H,22,27)(H,23,30)(H,24,29)/t12-,13-/m0/s1. The van der Waals surface area contributed by atoms with Crippen LogP contribution in [0, 0.1) is 0 Å². The van der Waals surface area contributed by atoms with Crippen LogP contribution in [-0.4, -0.2) is 60.1 Å². The van der Waals surface area contributed by atoms with Gasteiger partial charge >= 0.3 is 6.09 Å². The molecule has 0 heterocycles. The van der Waals surface area contributed by atoms with Gasteiger partial charge in [-0.05, 0) is 12.0 Å². The predicted octanol–water partition coefficient (Wildman–Crippen LogP) is -2.87. The van der Waals surface area contributed by atoms with E-state index in [-0.39, 0.29) is 19.4 Å². The summed E-state index contributed by atoms with van der Waals surface area (Å²) in [4.78, 5) is 58.6. The number of aliphatic hydroxyl groups is 1. The number of aliphatic hydroxyl groups excluding tert-OH is 1. The molecule has 0 bridgehead atoms. The van der Waals surface area contributed by atoms with Gasteiger partial charge in [0.25, 0.3) is 5.91 Å². The van der Waals surface area contributed by atoms with Crippen molar-refractivity contribution in [2.75, 3.05) is 13.2 Å². The summed E-state index contributed by atoms with van der Waals surface area (Å²) in [7, 11) is 0. The minimum atomic E-state index is -1.30. The number of carbonyl (C=O) groups excluding carboxylic acids is 5. The van der Waals surface area contributed by atoms with Crippen LogP contribution >= 0.6 is 0 Å². The van der Waals surface area contributed by atoms with E-state index >= 15 is 0 Å². The number of ether oxygens (including phenoxy) is 1. The van der Waals surface area contributed by atoms with Gasteiger partial charge in [-0.3, -0.25) is 24.6 Å². The van der Waals surface area contributed by atoms with E-state index in [0.717, 1.165) is 5.56 Å². The Bertz CT molecular complexity index is 774. The van der Waals surface area contributed by atoms with E-state index in [1.165, 1.54) is 0 Å². The molecule has 0 aliphatic rings. The molecule has 31 heavy (non-hydrogen) atoms. The second kappa shape index (κ2) is 13.5. The molecule has 5 amide bonds. The Morgan fingerprint density at radius 2 is 1.68 bits per heavy atom. The highest BCUT2D eigenvalue weighted by Gasteiger charge is 2.24. The first kappa shape index (κ1) is 25.3. The third-order valence-corrected chi connectivity index (χ3v) is 3.90. The molecule has 0 aromatic heterocycles. The molecule has 0 saturated carbocycles. The largest absolute Gasteiger partial charge is 0.445 e. The van der Waals surface area contributed by atoms with Crippen molar-refractivity contribution >= 4 is 29.7 Å². The van der Waals surface area contributed by atoms with Crippen LogP contribution in [0.3, 0.4) is 0 Å². The zero-order valence-corrected chi connectivity index (χ0v) is 16.6. The van der Waals surface area contributed by atoms with Crippen molar-refractivity contribution in [3.63, 3.8) is 0 Å². The zero-order valence-electron chi connectivity index (χ0n) is 16.6. The van der Waals surface area contributed by atoms with E-state index in [1.807, 2.05) is 0 Å². The summed E-state index contributed by atoms with van der Waals surface area (Å²) in [6, 6.07) is 6.32. The zero-order chi connectivity index (χ0) is 23.2. The van der Waals surface area contributed by atoms with Crippen molar-refractivity contribution in [3.8, 4) is 0 Å². The third kappa shape index (κ3) is 10.0. The van der Waals surface area contributed by atoms with E-state index in [2.05, 4.69) is 16.0 Å². The number of alkyl carbamates (subject to hydrolysis) is 1. The molecule has 0 radical (unpaired) electrons. The number of nitrogens with one attached hydrogen (secondary N) is 4. The van der Waals surface area contributed by atoms with E-state index in [1.54, 1.807) is 35.8 Å². The van der Waals surface area contributed by atoms with Crippen molar-refractivity contribution in [1.82, 2.24) is 21.4 Å². The van der Waals surface area contributed by atoms with Crippen molar-refractivity contribution in [2.24, 2.45) is 11.6 Å². The molecule has 170 valence electrons. The average Bonchev–Trinajstić information content (AvgIpc) is 2.77. The number of benzene rings is 1. The number of nitrogens with two attached hydrogens (primary N) is 2. The minimum Gasteiger partial charge on any atom is -0.445 e. The highest BCUT2D eigenvalue weighted by Crippen LogP contribution is 2.03. The summed E-state index contributed by atoms with van der Waals surface area (Å²) in [5.74, 6) is 1.84. The lowest BCUT2D eigenvalue weighted by Gasteiger charge is -2.19. The number of hydrogen-bond acceptors (Lipinski definition) is 8. The van der Waals surface area contributed by atoms with Gasteiger partial charge in [0, 0.05) is 6.42 Å². The maximum absolute atomic E-state index is 12.4. The average molecular weight is 438 g/mol. The van der Waals surface area contributed by atoms with Gasteiger partial charge in [-0.15, -0.1) is 0 Å². The van der Waals surface area contributed by atoms with Crippen LogP contribution < -0.4 is 33.0 Å². The van der Waals surface area contributed by atoms with E-state index < -0.39 is 55.0 Å². The molecule has 0 fully saturated rings. The van der Waals surface area contributed by atoms with Crippen LogP contribution in [0.1, 0.15) is 18.4 Å². The summed E-state index contributed by atoms with van der Waals surface area (Å²) in [6.07, 6.45) is -1.23. The third-order valence-electron chi connectivity index (χ3n) is 3.90. The fourth-order valence-electron chi connectivity index (χ4n) is 2.29. The molecule has 13 nitrogen and oxygen atoms in total.